The van der Waals surface area contributed by atoms with Gasteiger partial charge in [0, 0.05) is 6.08 Å². The van der Waals surface area contributed by atoms with Crippen LogP contribution < -0.4 is 14.8 Å². The summed E-state index contributed by atoms with van der Waals surface area (Å²) in [5.74, 6) is 1.28. The van der Waals surface area contributed by atoms with E-state index in [2.05, 4.69) is 17.4 Å². The van der Waals surface area contributed by atoms with Crippen LogP contribution in [0.15, 0.2) is 54.6 Å². The Morgan fingerprint density at radius 1 is 1.15 bits per heavy atom. The number of methoxy groups -OCH3 is 1. The minimum atomic E-state index is -0.223. The van der Waals surface area contributed by atoms with Crippen molar-refractivity contribution in [3.63, 3.8) is 0 Å². The smallest absolute Gasteiger partial charge is 0.244 e. The first-order valence-corrected chi connectivity index (χ1v) is 9.03. The zero-order valence-corrected chi connectivity index (χ0v) is 15.3. The molecule has 0 bridgehead atoms. The molecular formula is C22H25NO3. The highest BCUT2D eigenvalue weighted by Gasteiger charge is 2.39. The fourth-order valence-corrected chi connectivity index (χ4v) is 3.29. The highest BCUT2D eigenvalue weighted by Crippen LogP contribution is 2.41. The lowest BCUT2D eigenvalue weighted by atomic mass is 9.72. The maximum atomic E-state index is 12.5. The molecule has 1 amide bonds. The van der Waals surface area contributed by atoms with Crippen molar-refractivity contribution in [2.75, 3.05) is 13.7 Å². The van der Waals surface area contributed by atoms with Gasteiger partial charge in [-0.05, 0) is 55.5 Å². The lowest BCUT2D eigenvalue weighted by Crippen LogP contribution is -2.50. The third kappa shape index (κ3) is 3.90. The Morgan fingerprint density at radius 3 is 2.54 bits per heavy atom. The lowest BCUT2D eigenvalue weighted by Gasteiger charge is -2.42. The molecule has 4 nitrogen and oxygen atoms in total. The molecule has 1 aliphatic rings. The molecule has 2 aromatic carbocycles. The molecule has 0 radical (unpaired) electrons. The van der Waals surface area contributed by atoms with Crippen LogP contribution in [0.5, 0.6) is 11.5 Å². The first kappa shape index (κ1) is 18.1. The van der Waals surface area contributed by atoms with Crippen molar-refractivity contribution in [1.82, 2.24) is 5.32 Å². The van der Waals surface area contributed by atoms with Gasteiger partial charge in [0.05, 0.1) is 19.3 Å². The van der Waals surface area contributed by atoms with Crippen LogP contribution >= 0.6 is 0 Å². The molecule has 0 saturated heterocycles. The zero-order valence-electron chi connectivity index (χ0n) is 15.3. The highest BCUT2D eigenvalue weighted by atomic mass is 16.5. The van der Waals surface area contributed by atoms with Gasteiger partial charge >= 0.3 is 0 Å². The van der Waals surface area contributed by atoms with E-state index < -0.39 is 0 Å². The normalized spacial score (nSPS) is 15.3. The number of rotatable bonds is 7. The molecule has 26 heavy (non-hydrogen) atoms. The van der Waals surface area contributed by atoms with Gasteiger partial charge in [0.1, 0.15) is 0 Å². The predicted molar refractivity (Wildman–Crippen MR) is 103 cm³/mol. The Balaban J connectivity index is 1.70. The van der Waals surface area contributed by atoms with Crippen molar-refractivity contribution in [3.8, 4) is 11.5 Å². The van der Waals surface area contributed by atoms with Crippen LogP contribution in [0.1, 0.15) is 37.3 Å². The van der Waals surface area contributed by atoms with Crippen molar-refractivity contribution >= 4 is 12.0 Å². The summed E-state index contributed by atoms with van der Waals surface area (Å²) in [5, 5.41) is 3.20. The number of carbonyl (C=O) groups is 1. The first-order valence-electron chi connectivity index (χ1n) is 9.03. The van der Waals surface area contributed by atoms with Gasteiger partial charge in [0.2, 0.25) is 5.91 Å². The lowest BCUT2D eigenvalue weighted by molar-refractivity contribution is -0.119. The zero-order chi connectivity index (χ0) is 18.4. The molecule has 4 heteroatoms. The molecule has 1 fully saturated rings. The summed E-state index contributed by atoms with van der Waals surface area (Å²) in [6.07, 6.45) is 6.47. The quantitative estimate of drug-likeness (QED) is 0.757. The van der Waals surface area contributed by atoms with E-state index in [9.17, 15) is 4.79 Å². The second kappa shape index (κ2) is 8.09. The van der Waals surface area contributed by atoms with E-state index in [1.807, 2.05) is 43.3 Å². The second-order valence-electron chi connectivity index (χ2n) is 6.47. The van der Waals surface area contributed by atoms with Crippen molar-refractivity contribution in [2.24, 2.45) is 0 Å². The molecule has 3 rings (SSSR count). The van der Waals surface area contributed by atoms with Gasteiger partial charge < -0.3 is 14.8 Å². The molecular weight excluding hydrogens is 326 g/mol. The molecule has 1 aliphatic carbocycles. The Labute approximate surface area is 154 Å². The molecule has 1 N–H and O–H groups in total. The van der Waals surface area contributed by atoms with Crippen LogP contribution in [0.3, 0.4) is 0 Å². The molecule has 2 aromatic rings. The van der Waals surface area contributed by atoms with Crippen molar-refractivity contribution in [3.05, 3.63) is 65.7 Å². The molecule has 0 aliphatic heterocycles. The SMILES string of the molecule is CCOc1ccc(/C=C/C(=O)NC2(c3ccccc3)CCC2)cc1OC. The molecule has 0 spiro atoms. The van der Waals surface area contributed by atoms with Crippen molar-refractivity contribution < 1.29 is 14.3 Å². The van der Waals surface area contributed by atoms with E-state index in [1.165, 1.54) is 5.56 Å². The molecule has 0 atom stereocenters. The van der Waals surface area contributed by atoms with E-state index in [4.69, 9.17) is 9.47 Å². The van der Waals surface area contributed by atoms with E-state index in [-0.39, 0.29) is 11.4 Å². The fraction of sp³-hybridized carbons (Fsp3) is 0.318. The number of carbonyl (C=O) groups excluding carboxylic acids is 1. The first-order chi connectivity index (χ1) is 12.7. The number of amides is 1. The van der Waals surface area contributed by atoms with E-state index in [1.54, 1.807) is 19.3 Å². The van der Waals surface area contributed by atoms with Gasteiger partial charge in [-0.25, -0.2) is 0 Å². The van der Waals surface area contributed by atoms with Crippen LogP contribution in [0.4, 0.5) is 0 Å². The maximum absolute atomic E-state index is 12.5. The number of hydrogen-bond acceptors (Lipinski definition) is 3. The molecule has 0 aromatic heterocycles. The number of nitrogens with one attached hydrogen (secondary N) is 1. The summed E-state index contributed by atoms with van der Waals surface area (Å²) >= 11 is 0. The van der Waals surface area contributed by atoms with Crippen LogP contribution in [0.2, 0.25) is 0 Å². The van der Waals surface area contributed by atoms with Gasteiger partial charge in [-0.1, -0.05) is 36.4 Å². The summed E-state index contributed by atoms with van der Waals surface area (Å²) in [7, 11) is 1.61. The van der Waals surface area contributed by atoms with Gasteiger partial charge in [0.15, 0.2) is 11.5 Å². The molecule has 0 heterocycles. The van der Waals surface area contributed by atoms with Crippen molar-refractivity contribution in [2.45, 2.75) is 31.7 Å². The minimum absolute atomic E-state index is 0.0820. The molecule has 1 saturated carbocycles. The van der Waals surface area contributed by atoms with Crippen molar-refractivity contribution in [1.29, 1.82) is 0 Å². The highest BCUT2D eigenvalue weighted by molar-refractivity contribution is 5.92. The summed E-state index contributed by atoms with van der Waals surface area (Å²) in [6.45, 7) is 2.51. The van der Waals surface area contributed by atoms with Gasteiger partial charge in [-0.15, -0.1) is 0 Å². The maximum Gasteiger partial charge on any atom is 0.244 e. The second-order valence-corrected chi connectivity index (χ2v) is 6.47. The summed E-state index contributed by atoms with van der Waals surface area (Å²) < 4.78 is 10.9. The van der Waals surface area contributed by atoms with Crippen LogP contribution in [0, 0.1) is 0 Å². The van der Waals surface area contributed by atoms with Gasteiger partial charge in [-0.3, -0.25) is 4.79 Å². The van der Waals surface area contributed by atoms with E-state index >= 15 is 0 Å². The van der Waals surface area contributed by atoms with Crippen LogP contribution in [0.25, 0.3) is 6.08 Å². The van der Waals surface area contributed by atoms with Crippen LogP contribution in [-0.2, 0) is 10.3 Å². The largest absolute Gasteiger partial charge is 0.493 e. The monoisotopic (exact) mass is 351 g/mol. The Hall–Kier alpha value is -2.75. The van der Waals surface area contributed by atoms with Gasteiger partial charge in [0.25, 0.3) is 0 Å². The average molecular weight is 351 g/mol. The van der Waals surface area contributed by atoms with E-state index in [0.717, 1.165) is 24.8 Å². The standard InChI is InChI=1S/C22H25NO3/c1-3-26-19-12-10-17(16-20(19)25-2)11-13-21(24)23-22(14-7-15-22)18-8-5-4-6-9-18/h4-6,8-13,16H,3,7,14-15H2,1-2H3,(H,23,24)/b13-11+. The number of benzene rings is 2. The average Bonchev–Trinajstić information content (AvgIpc) is 2.64. The fourth-order valence-electron chi connectivity index (χ4n) is 3.29. The number of ether oxygens (including phenoxy) is 2. The molecule has 0 unspecified atom stereocenters. The van der Waals surface area contributed by atoms with Crippen LogP contribution in [-0.4, -0.2) is 19.6 Å². The summed E-state index contributed by atoms with van der Waals surface area (Å²) in [5.41, 5.74) is 1.85. The summed E-state index contributed by atoms with van der Waals surface area (Å²) in [6, 6.07) is 15.8. The Morgan fingerprint density at radius 2 is 1.92 bits per heavy atom. The van der Waals surface area contributed by atoms with Gasteiger partial charge in [-0.2, -0.15) is 0 Å². The summed E-state index contributed by atoms with van der Waals surface area (Å²) in [4.78, 5) is 12.5. The Kier molecular flexibility index (Phi) is 5.61. The topological polar surface area (TPSA) is 47.6 Å². The number of hydrogen-bond donors (Lipinski definition) is 1. The predicted octanol–water partition coefficient (Wildman–Crippen LogP) is 4.30. The third-order valence-electron chi connectivity index (χ3n) is 4.81. The Bertz CT molecular complexity index is 779. The third-order valence-corrected chi connectivity index (χ3v) is 4.81. The van der Waals surface area contributed by atoms with E-state index in [0.29, 0.717) is 18.1 Å². The minimum Gasteiger partial charge on any atom is -0.493 e. The molecule has 136 valence electrons.